The molecule has 0 saturated heterocycles. The van der Waals surface area contributed by atoms with E-state index in [0.717, 1.165) is 6.07 Å². The quantitative estimate of drug-likeness (QED) is 0.797. The van der Waals surface area contributed by atoms with E-state index < -0.39 is 11.7 Å². The molecule has 21 heavy (non-hydrogen) atoms. The summed E-state index contributed by atoms with van der Waals surface area (Å²) in [5.41, 5.74) is 6.72. The smallest absolute Gasteiger partial charge is 0.255 e. The lowest BCUT2D eigenvalue weighted by molar-refractivity contribution is 0.102. The Kier molecular flexibility index (Phi) is 4.69. The van der Waals surface area contributed by atoms with Crippen LogP contribution in [0.2, 0.25) is 5.02 Å². The lowest BCUT2D eigenvalue weighted by atomic mass is 10.1. The first kappa shape index (κ1) is 15.6. The van der Waals surface area contributed by atoms with Crippen LogP contribution in [-0.2, 0) is 0 Å². The number of rotatable bonds is 3. The fourth-order valence-corrected chi connectivity index (χ4v) is 2.62. The molecule has 0 heterocycles. The summed E-state index contributed by atoms with van der Waals surface area (Å²) in [5, 5.41) is 2.70. The summed E-state index contributed by atoms with van der Waals surface area (Å²) >= 11 is 9.07. The van der Waals surface area contributed by atoms with Gasteiger partial charge in [-0.15, -0.1) is 0 Å². The van der Waals surface area contributed by atoms with Crippen LogP contribution in [0.15, 0.2) is 34.8 Å². The first-order valence-electron chi connectivity index (χ1n) is 5.81. The van der Waals surface area contributed by atoms with E-state index >= 15 is 0 Å². The number of carbonyl (C=O) groups excluding carboxylic acids is 1. The highest BCUT2D eigenvalue weighted by molar-refractivity contribution is 9.10. The summed E-state index contributed by atoms with van der Waals surface area (Å²) < 4.78 is 18.5. The maximum atomic E-state index is 13.1. The van der Waals surface area contributed by atoms with Crippen LogP contribution in [-0.4, -0.2) is 13.0 Å². The fourth-order valence-electron chi connectivity index (χ4n) is 1.72. The second-order valence-electron chi connectivity index (χ2n) is 4.16. The van der Waals surface area contributed by atoms with Gasteiger partial charge >= 0.3 is 0 Å². The normalized spacial score (nSPS) is 10.3. The molecule has 0 spiro atoms. The summed E-state index contributed by atoms with van der Waals surface area (Å²) in [6.45, 7) is 0. The molecule has 1 amide bonds. The van der Waals surface area contributed by atoms with E-state index in [0.29, 0.717) is 21.5 Å². The third-order valence-electron chi connectivity index (χ3n) is 2.74. The molecule has 2 rings (SSSR count). The number of benzene rings is 2. The van der Waals surface area contributed by atoms with Gasteiger partial charge in [0.2, 0.25) is 0 Å². The zero-order chi connectivity index (χ0) is 15.6. The van der Waals surface area contributed by atoms with E-state index in [9.17, 15) is 9.18 Å². The van der Waals surface area contributed by atoms with Gasteiger partial charge in [-0.25, -0.2) is 4.39 Å². The lowest BCUT2D eigenvalue weighted by Gasteiger charge is -2.11. The highest BCUT2D eigenvalue weighted by Gasteiger charge is 2.14. The number of nitrogens with two attached hydrogens (primary N) is 1. The second-order valence-corrected chi connectivity index (χ2v) is 5.42. The number of amides is 1. The molecule has 0 aliphatic heterocycles. The Labute approximate surface area is 134 Å². The largest absolute Gasteiger partial charge is 0.495 e. The minimum Gasteiger partial charge on any atom is -0.495 e. The Morgan fingerprint density at radius 1 is 1.38 bits per heavy atom. The van der Waals surface area contributed by atoms with Gasteiger partial charge in [-0.3, -0.25) is 4.79 Å². The first-order valence-corrected chi connectivity index (χ1v) is 6.99. The number of halogens is 3. The van der Waals surface area contributed by atoms with E-state index in [1.54, 1.807) is 12.1 Å². The van der Waals surface area contributed by atoms with Crippen molar-refractivity contribution in [3.8, 4) is 5.75 Å². The number of anilines is 2. The molecule has 2 aromatic rings. The van der Waals surface area contributed by atoms with Crippen molar-refractivity contribution in [1.82, 2.24) is 0 Å². The molecule has 0 unspecified atom stereocenters. The van der Waals surface area contributed by atoms with Crippen molar-refractivity contribution >= 4 is 44.8 Å². The monoisotopic (exact) mass is 372 g/mol. The summed E-state index contributed by atoms with van der Waals surface area (Å²) in [4.78, 5) is 12.2. The number of carbonyl (C=O) groups is 1. The maximum absolute atomic E-state index is 13.1. The van der Waals surface area contributed by atoms with Gasteiger partial charge in [-0.05, 0) is 46.3 Å². The molecule has 0 fully saturated rings. The second kappa shape index (κ2) is 6.32. The zero-order valence-corrected chi connectivity index (χ0v) is 13.3. The molecular formula is C14H11BrClFN2O2. The number of nitrogen functional groups attached to an aromatic ring is 1. The van der Waals surface area contributed by atoms with Crippen molar-refractivity contribution in [2.45, 2.75) is 0 Å². The van der Waals surface area contributed by atoms with Gasteiger partial charge in [-0.2, -0.15) is 0 Å². The van der Waals surface area contributed by atoms with Gasteiger partial charge in [0.05, 0.1) is 23.5 Å². The molecule has 3 N–H and O–H groups in total. The predicted molar refractivity (Wildman–Crippen MR) is 84.5 cm³/mol. The third-order valence-corrected chi connectivity index (χ3v) is 3.66. The van der Waals surface area contributed by atoms with Crippen LogP contribution in [0.5, 0.6) is 5.75 Å². The Morgan fingerprint density at radius 2 is 2.10 bits per heavy atom. The van der Waals surface area contributed by atoms with E-state index in [1.807, 2.05) is 0 Å². The molecule has 7 heteroatoms. The number of ether oxygens (including phenoxy) is 1. The molecule has 0 saturated carbocycles. The minimum atomic E-state index is -0.501. The van der Waals surface area contributed by atoms with E-state index in [4.69, 9.17) is 22.1 Å². The molecule has 2 aromatic carbocycles. The van der Waals surface area contributed by atoms with Crippen LogP contribution < -0.4 is 15.8 Å². The minimum absolute atomic E-state index is 0.0942. The molecule has 0 radical (unpaired) electrons. The van der Waals surface area contributed by atoms with Crippen molar-refractivity contribution in [2.24, 2.45) is 0 Å². The number of hydrogen-bond acceptors (Lipinski definition) is 3. The van der Waals surface area contributed by atoms with Crippen molar-refractivity contribution in [2.75, 3.05) is 18.2 Å². The SMILES string of the molecule is COc1ccc(C(=O)Nc2c(Cl)cc(F)cc2Br)cc1N. The van der Waals surface area contributed by atoms with Crippen LogP contribution in [0.25, 0.3) is 0 Å². The van der Waals surface area contributed by atoms with E-state index in [-0.39, 0.29) is 10.7 Å². The van der Waals surface area contributed by atoms with Crippen molar-refractivity contribution < 1.29 is 13.9 Å². The molecule has 0 atom stereocenters. The Bertz CT molecular complexity index is 686. The van der Waals surface area contributed by atoms with Crippen molar-refractivity contribution in [3.63, 3.8) is 0 Å². The van der Waals surface area contributed by atoms with Gasteiger partial charge in [0.25, 0.3) is 5.91 Å². The molecule has 0 aromatic heterocycles. The average molecular weight is 374 g/mol. The average Bonchev–Trinajstić information content (AvgIpc) is 2.42. The Morgan fingerprint density at radius 3 is 2.67 bits per heavy atom. The van der Waals surface area contributed by atoms with Crippen LogP contribution in [0.1, 0.15) is 10.4 Å². The third kappa shape index (κ3) is 3.46. The van der Waals surface area contributed by atoms with Gasteiger partial charge in [0.1, 0.15) is 11.6 Å². The van der Waals surface area contributed by atoms with Gasteiger partial charge in [0, 0.05) is 10.0 Å². The summed E-state index contributed by atoms with van der Waals surface area (Å²) in [6, 6.07) is 6.97. The van der Waals surface area contributed by atoms with Gasteiger partial charge < -0.3 is 15.8 Å². The highest BCUT2D eigenvalue weighted by atomic mass is 79.9. The van der Waals surface area contributed by atoms with Crippen molar-refractivity contribution in [3.05, 3.63) is 51.2 Å². The Hall–Kier alpha value is -1.79. The van der Waals surface area contributed by atoms with Crippen LogP contribution in [0, 0.1) is 5.82 Å². The maximum Gasteiger partial charge on any atom is 0.255 e. The number of nitrogens with one attached hydrogen (secondary N) is 1. The van der Waals surface area contributed by atoms with Crippen LogP contribution in [0.3, 0.4) is 0 Å². The predicted octanol–water partition coefficient (Wildman–Crippen LogP) is 4.08. The molecule has 0 aliphatic carbocycles. The number of hydrogen-bond donors (Lipinski definition) is 2. The molecular weight excluding hydrogens is 363 g/mol. The van der Waals surface area contributed by atoms with E-state index in [2.05, 4.69) is 21.2 Å². The van der Waals surface area contributed by atoms with Crippen LogP contribution in [0.4, 0.5) is 15.8 Å². The molecule has 4 nitrogen and oxygen atoms in total. The standard InChI is InChI=1S/C14H11BrClFN2O2/c1-21-12-3-2-7(4-11(12)18)14(20)19-13-9(15)5-8(17)6-10(13)16/h2-6H,18H2,1H3,(H,19,20). The molecule has 110 valence electrons. The topological polar surface area (TPSA) is 64.3 Å². The number of methoxy groups -OCH3 is 1. The highest BCUT2D eigenvalue weighted by Crippen LogP contribution is 2.32. The van der Waals surface area contributed by atoms with Gasteiger partial charge in [0.15, 0.2) is 0 Å². The lowest BCUT2D eigenvalue weighted by Crippen LogP contribution is -2.13. The molecule has 0 bridgehead atoms. The van der Waals surface area contributed by atoms with Crippen molar-refractivity contribution in [1.29, 1.82) is 0 Å². The fraction of sp³-hybridized carbons (Fsp3) is 0.0714. The first-order chi connectivity index (χ1) is 9.92. The Balaban J connectivity index is 2.28. The van der Waals surface area contributed by atoms with Gasteiger partial charge in [-0.1, -0.05) is 11.6 Å². The zero-order valence-electron chi connectivity index (χ0n) is 10.9. The summed E-state index contributed by atoms with van der Waals surface area (Å²) in [6.07, 6.45) is 0. The van der Waals surface area contributed by atoms with E-state index in [1.165, 1.54) is 19.2 Å². The summed E-state index contributed by atoms with van der Waals surface area (Å²) in [5.74, 6) is -0.440. The van der Waals surface area contributed by atoms with Crippen LogP contribution >= 0.6 is 27.5 Å². The summed E-state index contributed by atoms with van der Waals surface area (Å²) in [7, 11) is 1.49. The molecule has 0 aliphatic rings.